The van der Waals surface area contributed by atoms with Crippen molar-refractivity contribution < 1.29 is 22.0 Å². The lowest BCUT2D eigenvalue weighted by molar-refractivity contribution is -0.116. The van der Waals surface area contributed by atoms with Crippen LogP contribution in [0, 0.1) is 11.6 Å². The summed E-state index contributed by atoms with van der Waals surface area (Å²) in [7, 11) is -3.51. The largest absolute Gasteiger partial charge is 0.324 e. The van der Waals surface area contributed by atoms with Crippen molar-refractivity contribution in [1.82, 2.24) is 4.72 Å². The number of aryl methyl sites for hydroxylation is 1. The molecule has 0 heterocycles. The lowest BCUT2D eigenvalue weighted by atomic mass is 10.1. The molecule has 0 saturated heterocycles. The highest BCUT2D eigenvalue weighted by Crippen LogP contribution is 2.16. The van der Waals surface area contributed by atoms with Gasteiger partial charge in [-0.3, -0.25) is 4.79 Å². The van der Waals surface area contributed by atoms with Gasteiger partial charge < -0.3 is 5.32 Å². The lowest BCUT2D eigenvalue weighted by Crippen LogP contribution is -2.23. The van der Waals surface area contributed by atoms with Gasteiger partial charge in [0.15, 0.2) is 0 Å². The molecule has 134 valence electrons. The van der Waals surface area contributed by atoms with Crippen molar-refractivity contribution in [1.29, 1.82) is 0 Å². The fourth-order valence-electron chi connectivity index (χ4n) is 2.17. The molecule has 2 N–H and O–H groups in total. The molecule has 0 aliphatic heterocycles. The molecule has 0 aromatic heterocycles. The average molecular weight is 368 g/mol. The highest BCUT2D eigenvalue weighted by Gasteiger charge is 2.12. The van der Waals surface area contributed by atoms with Gasteiger partial charge in [-0.05, 0) is 36.2 Å². The Kier molecular flexibility index (Phi) is 6.22. The first-order valence-electron chi connectivity index (χ1n) is 7.65. The molecule has 1 amide bonds. The molecule has 0 fully saturated rings. The molecule has 2 aromatic rings. The Bertz CT molecular complexity index is 853. The Balaban J connectivity index is 1.93. The summed E-state index contributed by atoms with van der Waals surface area (Å²) in [5.74, 6) is -1.98. The van der Waals surface area contributed by atoms with E-state index in [4.69, 9.17) is 0 Å². The second-order valence-corrected chi connectivity index (χ2v) is 7.08. The number of rotatable bonds is 7. The van der Waals surface area contributed by atoms with Crippen LogP contribution < -0.4 is 10.0 Å². The number of amides is 1. The lowest BCUT2D eigenvalue weighted by Gasteiger charge is -2.08. The van der Waals surface area contributed by atoms with Crippen molar-refractivity contribution in [2.24, 2.45) is 0 Å². The van der Waals surface area contributed by atoms with Gasteiger partial charge in [-0.2, -0.15) is 0 Å². The van der Waals surface area contributed by atoms with Crippen molar-refractivity contribution in [2.75, 3.05) is 11.9 Å². The zero-order chi connectivity index (χ0) is 18.4. The van der Waals surface area contributed by atoms with Gasteiger partial charge in [0.05, 0.1) is 10.6 Å². The minimum atomic E-state index is -3.51. The molecule has 0 spiro atoms. The van der Waals surface area contributed by atoms with Gasteiger partial charge in [0, 0.05) is 19.0 Å². The van der Waals surface area contributed by atoms with Gasteiger partial charge in [0.25, 0.3) is 0 Å². The van der Waals surface area contributed by atoms with Crippen LogP contribution in [-0.2, 0) is 21.2 Å². The van der Waals surface area contributed by atoms with E-state index in [0.29, 0.717) is 19.0 Å². The normalized spacial score (nSPS) is 11.3. The summed E-state index contributed by atoms with van der Waals surface area (Å²) in [6.07, 6.45) is 0.437. The van der Waals surface area contributed by atoms with Crippen LogP contribution in [0.5, 0.6) is 0 Å². The summed E-state index contributed by atoms with van der Waals surface area (Å²) in [5, 5.41) is 2.37. The van der Waals surface area contributed by atoms with Gasteiger partial charge in [0.1, 0.15) is 11.6 Å². The minimum absolute atomic E-state index is 0.0795. The topological polar surface area (TPSA) is 75.3 Å². The molecule has 0 aliphatic carbocycles. The molecule has 0 aliphatic rings. The van der Waals surface area contributed by atoms with Crippen LogP contribution in [0.4, 0.5) is 14.5 Å². The third-order valence-electron chi connectivity index (χ3n) is 3.41. The Morgan fingerprint density at radius 3 is 2.36 bits per heavy atom. The molecule has 2 aromatic carbocycles. The summed E-state index contributed by atoms with van der Waals surface area (Å²) in [6.45, 7) is 1.98. The van der Waals surface area contributed by atoms with Crippen LogP contribution in [0.3, 0.4) is 0 Å². The van der Waals surface area contributed by atoms with Crippen molar-refractivity contribution in [3.63, 3.8) is 0 Å². The second kappa shape index (κ2) is 8.17. The molecular formula is C17H18F2N2O3S. The van der Waals surface area contributed by atoms with Gasteiger partial charge in [-0.1, -0.05) is 19.1 Å². The summed E-state index contributed by atoms with van der Waals surface area (Å²) in [4.78, 5) is 12.0. The Hall–Kier alpha value is -2.32. The maximum atomic E-state index is 13.5. The molecule has 25 heavy (non-hydrogen) atoms. The van der Waals surface area contributed by atoms with Crippen molar-refractivity contribution in [3.8, 4) is 0 Å². The highest BCUT2D eigenvalue weighted by atomic mass is 32.2. The first-order valence-corrected chi connectivity index (χ1v) is 9.13. The first kappa shape index (κ1) is 19.0. The Morgan fingerprint density at radius 2 is 1.76 bits per heavy atom. The molecule has 0 saturated carbocycles. The molecule has 8 heteroatoms. The van der Waals surface area contributed by atoms with Crippen molar-refractivity contribution in [3.05, 3.63) is 59.7 Å². The van der Waals surface area contributed by atoms with Gasteiger partial charge >= 0.3 is 0 Å². The number of hydrogen-bond acceptors (Lipinski definition) is 3. The van der Waals surface area contributed by atoms with Crippen LogP contribution in [-0.4, -0.2) is 20.9 Å². The van der Waals surface area contributed by atoms with E-state index in [1.807, 2.05) is 0 Å². The number of nitrogens with one attached hydrogen (secondary N) is 2. The Morgan fingerprint density at radius 1 is 1.08 bits per heavy atom. The van der Waals surface area contributed by atoms with Crippen molar-refractivity contribution in [2.45, 2.75) is 24.7 Å². The molecule has 0 radical (unpaired) electrons. The zero-order valence-corrected chi connectivity index (χ0v) is 14.4. The molecule has 2 rings (SSSR count). The summed E-state index contributed by atoms with van der Waals surface area (Å²) < 4.78 is 52.3. The maximum absolute atomic E-state index is 13.5. The molecule has 0 bridgehead atoms. The minimum Gasteiger partial charge on any atom is -0.324 e. The van der Waals surface area contributed by atoms with Crippen LogP contribution in [0.15, 0.2) is 47.4 Å². The predicted molar refractivity (Wildman–Crippen MR) is 90.6 cm³/mol. The molecule has 0 atom stereocenters. The molecular weight excluding hydrogens is 350 g/mol. The third-order valence-corrected chi connectivity index (χ3v) is 4.98. The van der Waals surface area contributed by atoms with E-state index in [2.05, 4.69) is 10.0 Å². The number of hydrogen-bond donors (Lipinski definition) is 2. The maximum Gasteiger partial charge on any atom is 0.240 e. The van der Waals surface area contributed by atoms with E-state index in [0.717, 1.165) is 17.7 Å². The SMILES string of the molecule is CCNS(=O)(=O)c1ccc(CCC(=O)Nc2ccc(F)cc2F)cc1. The van der Waals surface area contributed by atoms with E-state index in [1.54, 1.807) is 19.1 Å². The third kappa shape index (κ3) is 5.33. The average Bonchev–Trinajstić information content (AvgIpc) is 2.56. The number of sulfonamides is 1. The van der Waals surface area contributed by atoms with Crippen LogP contribution in [0.25, 0.3) is 0 Å². The first-order chi connectivity index (χ1) is 11.8. The number of benzene rings is 2. The van der Waals surface area contributed by atoms with Crippen LogP contribution in [0.2, 0.25) is 0 Å². The zero-order valence-electron chi connectivity index (χ0n) is 13.6. The van der Waals surface area contributed by atoms with E-state index in [-0.39, 0.29) is 17.0 Å². The van der Waals surface area contributed by atoms with E-state index in [9.17, 15) is 22.0 Å². The molecule has 5 nitrogen and oxygen atoms in total. The van der Waals surface area contributed by atoms with Crippen molar-refractivity contribution >= 4 is 21.6 Å². The van der Waals surface area contributed by atoms with Gasteiger partial charge in [-0.25, -0.2) is 21.9 Å². The number of carbonyl (C=O) groups is 1. The number of halogens is 2. The predicted octanol–water partition coefficient (Wildman–Crippen LogP) is 2.83. The van der Waals surface area contributed by atoms with Crippen LogP contribution in [0.1, 0.15) is 18.9 Å². The Labute approximate surface area is 145 Å². The van der Waals surface area contributed by atoms with Gasteiger partial charge in [0.2, 0.25) is 15.9 Å². The fourth-order valence-corrected chi connectivity index (χ4v) is 3.21. The number of anilines is 1. The standard InChI is InChI=1S/C17H18F2N2O3S/c1-2-20-25(23,24)14-7-3-12(4-8-14)5-10-17(22)21-16-9-6-13(18)11-15(16)19/h3-4,6-9,11,20H,2,5,10H2,1H3,(H,21,22). The quantitative estimate of drug-likeness (QED) is 0.789. The monoisotopic (exact) mass is 368 g/mol. The van der Waals surface area contributed by atoms with E-state index < -0.39 is 27.6 Å². The summed E-state index contributed by atoms with van der Waals surface area (Å²) in [5.41, 5.74) is 0.684. The fraction of sp³-hybridized carbons (Fsp3) is 0.235. The summed E-state index contributed by atoms with van der Waals surface area (Å²) in [6, 6.07) is 9.08. The second-order valence-electron chi connectivity index (χ2n) is 5.32. The van der Waals surface area contributed by atoms with E-state index in [1.165, 1.54) is 12.1 Å². The van der Waals surface area contributed by atoms with E-state index >= 15 is 0 Å². The molecule has 0 unspecified atom stereocenters. The highest BCUT2D eigenvalue weighted by molar-refractivity contribution is 7.89. The van der Waals surface area contributed by atoms with Gasteiger partial charge in [-0.15, -0.1) is 0 Å². The van der Waals surface area contributed by atoms with Crippen LogP contribution >= 0.6 is 0 Å². The summed E-state index contributed by atoms with van der Waals surface area (Å²) >= 11 is 0. The number of carbonyl (C=O) groups excluding carboxylic acids is 1. The smallest absolute Gasteiger partial charge is 0.240 e.